The van der Waals surface area contributed by atoms with Crippen molar-refractivity contribution in [3.8, 4) is 6.07 Å². The maximum atomic E-state index is 8.74. The van der Waals surface area contributed by atoms with E-state index in [1.54, 1.807) is 0 Å². The molecule has 96 valence electrons. The Kier molecular flexibility index (Phi) is 4.09. The fraction of sp³-hybridized carbons (Fsp3) is 0.533. The number of anilines is 2. The highest BCUT2D eigenvalue weighted by Crippen LogP contribution is 2.24. The highest BCUT2D eigenvalue weighted by atomic mass is 15.1. The fourth-order valence-electron chi connectivity index (χ4n) is 2.40. The van der Waals surface area contributed by atoms with Gasteiger partial charge in [0.1, 0.15) is 0 Å². The molecule has 1 aliphatic rings. The summed E-state index contributed by atoms with van der Waals surface area (Å²) in [6.07, 6.45) is 3.17. The van der Waals surface area contributed by atoms with E-state index in [0.29, 0.717) is 6.42 Å². The number of nitrogens with zero attached hydrogens (tertiary/aromatic N) is 3. The lowest BCUT2D eigenvalue weighted by atomic mass is 10.2. The van der Waals surface area contributed by atoms with E-state index in [4.69, 9.17) is 5.26 Å². The molecule has 0 radical (unpaired) electrons. The zero-order valence-corrected chi connectivity index (χ0v) is 11.3. The summed E-state index contributed by atoms with van der Waals surface area (Å²) in [6, 6.07) is 11.2. The SMILES string of the molecule is CC(CC#N)N(C)c1ccc(N2CCCC2)cc1. The minimum absolute atomic E-state index is 0.257. The third-order valence-corrected chi connectivity index (χ3v) is 3.78. The summed E-state index contributed by atoms with van der Waals surface area (Å²) in [5.41, 5.74) is 2.50. The van der Waals surface area contributed by atoms with E-state index in [0.717, 1.165) is 0 Å². The van der Waals surface area contributed by atoms with Crippen molar-refractivity contribution in [3.05, 3.63) is 24.3 Å². The zero-order valence-electron chi connectivity index (χ0n) is 11.3. The molecule has 1 saturated heterocycles. The van der Waals surface area contributed by atoms with Gasteiger partial charge in [0.05, 0.1) is 12.5 Å². The van der Waals surface area contributed by atoms with Crippen molar-refractivity contribution in [3.63, 3.8) is 0 Å². The number of nitriles is 1. The van der Waals surface area contributed by atoms with Crippen LogP contribution in [-0.4, -0.2) is 26.2 Å². The Morgan fingerprint density at radius 3 is 2.44 bits per heavy atom. The molecule has 1 fully saturated rings. The van der Waals surface area contributed by atoms with Crippen molar-refractivity contribution in [2.45, 2.75) is 32.2 Å². The van der Waals surface area contributed by atoms with Crippen molar-refractivity contribution < 1.29 is 0 Å². The van der Waals surface area contributed by atoms with Gasteiger partial charge in [0.2, 0.25) is 0 Å². The first-order chi connectivity index (χ1) is 8.72. The fourth-order valence-corrected chi connectivity index (χ4v) is 2.40. The van der Waals surface area contributed by atoms with Crippen LogP contribution in [0.15, 0.2) is 24.3 Å². The molecule has 0 aromatic heterocycles. The standard InChI is InChI=1S/C15H21N3/c1-13(9-10-16)17(2)14-5-7-15(8-6-14)18-11-3-4-12-18/h5-8,13H,3-4,9,11-12H2,1-2H3. The first-order valence-electron chi connectivity index (χ1n) is 6.67. The molecule has 0 spiro atoms. The predicted octanol–water partition coefficient (Wildman–Crippen LogP) is 3.03. The summed E-state index contributed by atoms with van der Waals surface area (Å²) >= 11 is 0. The average molecular weight is 243 g/mol. The Bertz CT molecular complexity index is 412. The van der Waals surface area contributed by atoms with Crippen LogP contribution in [0.4, 0.5) is 11.4 Å². The molecule has 0 bridgehead atoms. The van der Waals surface area contributed by atoms with E-state index >= 15 is 0 Å². The van der Waals surface area contributed by atoms with Crippen LogP contribution < -0.4 is 9.80 Å². The van der Waals surface area contributed by atoms with Gasteiger partial charge in [-0.1, -0.05) is 0 Å². The van der Waals surface area contributed by atoms with Crippen LogP contribution in [0.1, 0.15) is 26.2 Å². The van der Waals surface area contributed by atoms with Gasteiger partial charge in [-0.2, -0.15) is 5.26 Å². The number of hydrogen-bond acceptors (Lipinski definition) is 3. The molecule has 3 heteroatoms. The van der Waals surface area contributed by atoms with Gasteiger partial charge in [0.25, 0.3) is 0 Å². The third-order valence-electron chi connectivity index (χ3n) is 3.78. The molecule has 1 unspecified atom stereocenters. The second-order valence-corrected chi connectivity index (χ2v) is 5.03. The highest BCUT2D eigenvalue weighted by Gasteiger charge is 2.13. The Hall–Kier alpha value is -1.69. The molecular weight excluding hydrogens is 222 g/mol. The lowest BCUT2D eigenvalue weighted by Gasteiger charge is -2.26. The Morgan fingerprint density at radius 1 is 1.28 bits per heavy atom. The summed E-state index contributed by atoms with van der Waals surface area (Å²) in [6.45, 7) is 4.44. The zero-order chi connectivity index (χ0) is 13.0. The Balaban J connectivity index is 2.05. The summed E-state index contributed by atoms with van der Waals surface area (Å²) in [4.78, 5) is 4.60. The minimum Gasteiger partial charge on any atom is -0.372 e. The van der Waals surface area contributed by atoms with Crippen molar-refractivity contribution >= 4 is 11.4 Å². The lowest BCUT2D eigenvalue weighted by Crippen LogP contribution is -2.28. The number of rotatable bonds is 4. The van der Waals surface area contributed by atoms with Crippen molar-refractivity contribution in [2.75, 3.05) is 29.9 Å². The smallest absolute Gasteiger partial charge is 0.0643 e. The average Bonchev–Trinajstić information content (AvgIpc) is 2.92. The first-order valence-corrected chi connectivity index (χ1v) is 6.67. The van der Waals surface area contributed by atoms with Crippen LogP contribution in [0, 0.1) is 11.3 Å². The van der Waals surface area contributed by atoms with Crippen LogP contribution in [0.3, 0.4) is 0 Å². The normalized spacial score (nSPS) is 16.4. The molecule has 1 aromatic rings. The molecule has 1 atom stereocenters. The minimum atomic E-state index is 0.257. The van der Waals surface area contributed by atoms with Crippen molar-refractivity contribution in [2.24, 2.45) is 0 Å². The van der Waals surface area contributed by atoms with Gasteiger partial charge in [-0.25, -0.2) is 0 Å². The number of benzene rings is 1. The van der Waals surface area contributed by atoms with Crippen LogP contribution in [0.2, 0.25) is 0 Å². The molecule has 1 aromatic carbocycles. The van der Waals surface area contributed by atoms with Gasteiger partial charge in [-0.05, 0) is 44.0 Å². The largest absolute Gasteiger partial charge is 0.372 e. The van der Waals surface area contributed by atoms with E-state index < -0.39 is 0 Å². The van der Waals surface area contributed by atoms with E-state index in [1.165, 1.54) is 37.3 Å². The molecule has 1 heterocycles. The first kappa shape index (κ1) is 12.8. The molecular formula is C15H21N3. The van der Waals surface area contributed by atoms with Gasteiger partial charge < -0.3 is 9.80 Å². The van der Waals surface area contributed by atoms with Gasteiger partial charge in [0, 0.05) is 37.6 Å². The van der Waals surface area contributed by atoms with Gasteiger partial charge in [0.15, 0.2) is 0 Å². The van der Waals surface area contributed by atoms with Crippen LogP contribution in [0.5, 0.6) is 0 Å². The monoisotopic (exact) mass is 243 g/mol. The lowest BCUT2D eigenvalue weighted by molar-refractivity contribution is 0.702. The maximum absolute atomic E-state index is 8.74. The van der Waals surface area contributed by atoms with Gasteiger partial charge in [-0.15, -0.1) is 0 Å². The molecule has 3 nitrogen and oxygen atoms in total. The van der Waals surface area contributed by atoms with Gasteiger partial charge >= 0.3 is 0 Å². The summed E-state index contributed by atoms with van der Waals surface area (Å²) in [5, 5.41) is 8.74. The Labute approximate surface area is 110 Å². The second-order valence-electron chi connectivity index (χ2n) is 5.03. The molecule has 1 aliphatic heterocycles. The summed E-state index contributed by atoms with van der Waals surface area (Å²) in [7, 11) is 2.05. The molecule has 0 saturated carbocycles. The van der Waals surface area contributed by atoms with Crippen molar-refractivity contribution in [1.29, 1.82) is 5.26 Å². The van der Waals surface area contributed by atoms with E-state index in [2.05, 4.69) is 47.1 Å². The molecule has 2 rings (SSSR count). The Morgan fingerprint density at radius 2 is 1.89 bits per heavy atom. The van der Waals surface area contributed by atoms with Crippen LogP contribution in [-0.2, 0) is 0 Å². The molecule has 0 aliphatic carbocycles. The van der Waals surface area contributed by atoms with Crippen LogP contribution in [0.25, 0.3) is 0 Å². The summed E-state index contributed by atoms with van der Waals surface area (Å²) in [5.74, 6) is 0. The third kappa shape index (κ3) is 2.76. The predicted molar refractivity (Wildman–Crippen MR) is 76.0 cm³/mol. The summed E-state index contributed by atoms with van der Waals surface area (Å²) < 4.78 is 0. The van der Waals surface area contributed by atoms with Crippen LogP contribution >= 0.6 is 0 Å². The topological polar surface area (TPSA) is 30.3 Å². The van der Waals surface area contributed by atoms with E-state index in [1.807, 2.05) is 7.05 Å². The molecule has 0 N–H and O–H groups in total. The number of hydrogen-bond donors (Lipinski definition) is 0. The van der Waals surface area contributed by atoms with Gasteiger partial charge in [-0.3, -0.25) is 0 Å². The maximum Gasteiger partial charge on any atom is 0.0643 e. The quantitative estimate of drug-likeness (QED) is 0.814. The van der Waals surface area contributed by atoms with Crippen molar-refractivity contribution in [1.82, 2.24) is 0 Å². The van der Waals surface area contributed by atoms with E-state index in [9.17, 15) is 0 Å². The second kappa shape index (κ2) is 5.77. The molecule has 0 amide bonds. The van der Waals surface area contributed by atoms with E-state index in [-0.39, 0.29) is 6.04 Å². The molecule has 18 heavy (non-hydrogen) atoms. The highest BCUT2D eigenvalue weighted by molar-refractivity contribution is 5.56.